The largest absolute Gasteiger partial charge is 0.546 e. The Kier molecular flexibility index (Phi) is 3.29. The van der Waals surface area contributed by atoms with Crippen molar-refractivity contribution in [3.63, 3.8) is 0 Å². The zero-order valence-corrected chi connectivity index (χ0v) is 10.9. The van der Waals surface area contributed by atoms with Crippen LogP contribution < -0.4 is 15.5 Å². The van der Waals surface area contributed by atoms with Gasteiger partial charge >= 0.3 is 5.63 Å². The molecule has 0 saturated heterocycles. The number of aliphatic carboxylic acids is 1. The Bertz CT molecular complexity index is 712. The average molecular weight is 261 g/mol. The second kappa shape index (κ2) is 4.76. The molecule has 0 aliphatic heterocycles. The lowest BCUT2D eigenvalue weighted by molar-refractivity contribution is -0.307. The molecule has 2 aromatic rings. The third kappa shape index (κ3) is 2.31. The molecule has 19 heavy (non-hydrogen) atoms. The minimum absolute atomic E-state index is 0.364. The van der Waals surface area contributed by atoms with Gasteiger partial charge in [0.25, 0.3) is 0 Å². The number of aryl methyl sites for hydroxylation is 2. The van der Waals surface area contributed by atoms with Crippen molar-refractivity contribution < 1.29 is 19.1 Å². The number of ether oxygens (including phenoxy) is 1. The van der Waals surface area contributed by atoms with Gasteiger partial charge in [-0.25, -0.2) is 4.79 Å². The minimum Gasteiger partial charge on any atom is -0.546 e. The van der Waals surface area contributed by atoms with Crippen LogP contribution in [0.25, 0.3) is 11.0 Å². The third-order valence-electron chi connectivity index (χ3n) is 3.17. The smallest absolute Gasteiger partial charge is 0.339 e. The van der Waals surface area contributed by atoms with Crippen LogP contribution in [-0.2, 0) is 4.79 Å². The summed E-state index contributed by atoms with van der Waals surface area (Å²) in [4.78, 5) is 22.1. The highest BCUT2D eigenvalue weighted by molar-refractivity contribution is 5.85. The molecule has 0 atom stereocenters. The molecule has 1 aromatic heterocycles. The van der Waals surface area contributed by atoms with Gasteiger partial charge in [0, 0.05) is 16.5 Å². The highest BCUT2D eigenvalue weighted by atomic mass is 16.5. The van der Waals surface area contributed by atoms with Gasteiger partial charge in [-0.15, -0.1) is 0 Å². The van der Waals surface area contributed by atoms with Gasteiger partial charge in [-0.2, -0.15) is 0 Å². The van der Waals surface area contributed by atoms with Crippen molar-refractivity contribution in [2.45, 2.75) is 20.8 Å². The maximum atomic E-state index is 11.7. The predicted molar refractivity (Wildman–Crippen MR) is 67.2 cm³/mol. The van der Waals surface area contributed by atoms with Crippen LogP contribution in [-0.4, -0.2) is 12.6 Å². The molecule has 0 fully saturated rings. The molecular weight excluding hydrogens is 248 g/mol. The molecule has 0 N–H and O–H groups in total. The van der Waals surface area contributed by atoms with E-state index in [0.717, 1.165) is 10.9 Å². The molecule has 100 valence electrons. The average Bonchev–Trinajstić information content (AvgIpc) is 2.36. The molecule has 0 bridgehead atoms. The van der Waals surface area contributed by atoms with Gasteiger partial charge in [0.1, 0.15) is 17.9 Å². The van der Waals surface area contributed by atoms with Crippen LogP contribution in [0.1, 0.15) is 16.7 Å². The molecule has 2 rings (SSSR count). The first-order chi connectivity index (χ1) is 8.91. The van der Waals surface area contributed by atoms with Gasteiger partial charge in [-0.05, 0) is 38.5 Å². The summed E-state index contributed by atoms with van der Waals surface area (Å²) in [5, 5.41) is 11.2. The molecule has 0 unspecified atom stereocenters. The lowest BCUT2D eigenvalue weighted by atomic mass is 10.0. The number of fused-ring (bicyclic) bond motifs is 1. The summed E-state index contributed by atoms with van der Waals surface area (Å²) in [5.74, 6) is -0.941. The van der Waals surface area contributed by atoms with Crippen LogP contribution in [0.5, 0.6) is 5.75 Å². The molecule has 0 saturated carbocycles. The molecule has 1 aromatic carbocycles. The van der Waals surface area contributed by atoms with E-state index < -0.39 is 18.2 Å². The number of carboxylic acid groups (broad SMARTS) is 1. The molecule has 5 nitrogen and oxygen atoms in total. The van der Waals surface area contributed by atoms with E-state index in [4.69, 9.17) is 9.15 Å². The fraction of sp³-hybridized carbons (Fsp3) is 0.286. The number of hydrogen-bond donors (Lipinski definition) is 0. The first-order valence-electron chi connectivity index (χ1n) is 5.78. The van der Waals surface area contributed by atoms with Crippen molar-refractivity contribution in [3.8, 4) is 5.75 Å². The summed E-state index contributed by atoms with van der Waals surface area (Å²) >= 11 is 0. The van der Waals surface area contributed by atoms with Gasteiger partial charge < -0.3 is 19.1 Å². The zero-order chi connectivity index (χ0) is 14.2. The minimum atomic E-state index is -1.30. The number of carbonyl (C=O) groups excluding carboxylic acids is 1. The summed E-state index contributed by atoms with van der Waals surface area (Å²) in [7, 11) is 0. The Morgan fingerprint density at radius 3 is 2.53 bits per heavy atom. The standard InChI is InChI=1S/C14H14O5/c1-7-8(2)14(17)19-13-9(3)11(5-4-10(7)13)18-6-12(15)16/h4-5H,6H2,1-3H3,(H,15,16)/p-1. The Morgan fingerprint density at radius 2 is 1.89 bits per heavy atom. The number of carbonyl (C=O) groups is 1. The van der Waals surface area contributed by atoms with Crippen LogP contribution in [0.3, 0.4) is 0 Å². The Balaban J connectivity index is 2.62. The Morgan fingerprint density at radius 1 is 1.21 bits per heavy atom. The van der Waals surface area contributed by atoms with Gasteiger partial charge in [-0.3, -0.25) is 0 Å². The second-order valence-corrected chi connectivity index (χ2v) is 4.37. The van der Waals surface area contributed by atoms with E-state index in [9.17, 15) is 14.7 Å². The molecule has 0 aliphatic carbocycles. The number of benzene rings is 1. The van der Waals surface area contributed by atoms with Crippen LogP contribution >= 0.6 is 0 Å². The maximum absolute atomic E-state index is 11.7. The third-order valence-corrected chi connectivity index (χ3v) is 3.17. The number of rotatable bonds is 3. The SMILES string of the molecule is Cc1c(C)c2ccc(OCC(=O)[O-])c(C)c2oc1=O. The normalized spacial score (nSPS) is 10.7. The van der Waals surface area contributed by atoms with E-state index in [1.165, 1.54) is 0 Å². The molecule has 1 heterocycles. The van der Waals surface area contributed by atoms with E-state index in [2.05, 4.69) is 0 Å². The summed E-state index contributed by atoms with van der Waals surface area (Å²) in [6, 6.07) is 3.41. The topological polar surface area (TPSA) is 79.6 Å². The van der Waals surface area contributed by atoms with Crippen molar-refractivity contribution in [1.82, 2.24) is 0 Å². The summed E-state index contributed by atoms with van der Waals surface area (Å²) in [6.45, 7) is 4.72. The van der Waals surface area contributed by atoms with Crippen molar-refractivity contribution in [3.05, 3.63) is 39.2 Å². The molecule has 5 heteroatoms. The molecule has 0 amide bonds. The molecule has 0 radical (unpaired) electrons. The first kappa shape index (κ1) is 13.1. The van der Waals surface area contributed by atoms with Gasteiger partial charge in [0.05, 0.1) is 5.97 Å². The van der Waals surface area contributed by atoms with E-state index in [1.54, 1.807) is 26.0 Å². The van der Waals surface area contributed by atoms with Crippen molar-refractivity contribution in [2.75, 3.05) is 6.61 Å². The van der Waals surface area contributed by atoms with Crippen LogP contribution in [0.2, 0.25) is 0 Å². The monoisotopic (exact) mass is 261 g/mol. The number of carboxylic acids is 1. The maximum Gasteiger partial charge on any atom is 0.339 e. The van der Waals surface area contributed by atoms with Gasteiger partial charge in [0.15, 0.2) is 0 Å². The first-order valence-corrected chi connectivity index (χ1v) is 5.78. The Labute approximate surface area is 109 Å². The van der Waals surface area contributed by atoms with Gasteiger partial charge in [-0.1, -0.05) is 0 Å². The lowest BCUT2D eigenvalue weighted by Gasteiger charge is -2.12. The van der Waals surface area contributed by atoms with E-state index in [-0.39, 0.29) is 0 Å². The van der Waals surface area contributed by atoms with Crippen LogP contribution in [0, 0.1) is 20.8 Å². The lowest BCUT2D eigenvalue weighted by Crippen LogP contribution is -2.29. The predicted octanol–water partition coefficient (Wildman–Crippen LogP) is 0.847. The van der Waals surface area contributed by atoms with Crippen molar-refractivity contribution >= 4 is 16.9 Å². The molecular formula is C14H13O5-. The van der Waals surface area contributed by atoms with Crippen LogP contribution in [0.15, 0.2) is 21.3 Å². The molecule has 0 spiro atoms. The van der Waals surface area contributed by atoms with Gasteiger partial charge in [0.2, 0.25) is 0 Å². The fourth-order valence-corrected chi connectivity index (χ4v) is 1.92. The Hall–Kier alpha value is -2.30. The van der Waals surface area contributed by atoms with E-state index >= 15 is 0 Å². The van der Waals surface area contributed by atoms with E-state index in [0.29, 0.717) is 22.5 Å². The highest BCUT2D eigenvalue weighted by Crippen LogP contribution is 2.29. The number of hydrogen-bond acceptors (Lipinski definition) is 5. The quantitative estimate of drug-likeness (QED) is 0.765. The van der Waals surface area contributed by atoms with E-state index in [1.807, 2.05) is 6.92 Å². The summed E-state index contributed by atoms with van der Waals surface area (Å²) in [6.07, 6.45) is 0. The summed E-state index contributed by atoms with van der Waals surface area (Å²) < 4.78 is 10.3. The highest BCUT2D eigenvalue weighted by Gasteiger charge is 2.12. The van der Waals surface area contributed by atoms with Crippen LogP contribution in [0.4, 0.5) is 0 Å². The zero-order valence-electron chi connectivity index (χ0n) is 10.9. The van der Waals surface area contributed by atoms with Crippen molar-refractivity contribution in [2.24, 2.45) is 0 Å². The second-order valence-electron chi connectivity index (χ2n) is 4.37. The summed E-state index contributed by atoms with van der Waals surface area (Å²) in [5.41, 5.74) is 2.03. The molecule has 0 aliphatic rings. The fourth-order valence-electron chi connectivity index (χ4n) is 1.92. The van der Waals surface area contributed by atoms with Crippen molar-refractivity contribution in [1.29, 1.82) is 0 Å².